The Balaban J connectivity index is 1.72. The van der Waals surface area contributed by atoms with Crippen molar-refractivity contribution >= 4 is 40.0 Å². The van der Waals surface area contributed by atoms with Crippen molar-refractivity contribution in [1.29, 1.82) is 0 Å². The van der Waals surface area contributed by atoms with E-state index in [0.717, 1.165) is 36.8 Å². The first-order chi connectivity index (χ1) is 14.6. The number of hydrogen-bond donors (Lipinski definition) is 1. The van der Waals surface area contributed by atoms with Gasteiger partial charge in [0.1, 0.15) is 0 Å². The molecule has 3 nitrogen and oxygen atoms in total. The first kappa shape index (κ1) is 20.8. The van der Waals surface area contributed by atoms with E-state index in [9.17, 15) is 0 Å². The zero-order chi connectivity index (χ0) is 21.1. The number of hydrogen-bond acceptors (Lipinski definition) is 4. The van der Waals surface area contributed by atoms with E-state index in [0.29, 0.717) is 0 Å². The number of anilines is 2. The molecule has 4 rings (SSSR count). The van der Waals surface area contributed by atoms with Gasteiger partial charge >= 0.3 is 0 Å². The van der Waals surface area contributed by atoms with Gasteiger partial charge in [-0.1, -0.05) is 42.8 Å². The van der Waals surface area contributed by atoms with Crippen LogP contribution < -0.4 is 10.6 Å². The van der Waals surface area contributed by atoms with Gasteiger partial charge in [0, 0.05) is 41.7 Å². The number of nitrogen functional groups attached to an aromatic ring is 1. The van der Waals surface area contributed by atoms with Crippen molar-refractivity contribution in [2.75, 3.05) is 30.3 Å². The molecule has 1 unspecified atom stereocenters. The fourth-order valence-electron chi connectivity index (χ4n) is 4.33. The Labute approximate surface area is 188 Å². The van der Waals surface area contributed by atoms with Crippen LogP contribution in [-0.4, -0.2) is 24.5 Å². The predicted molar refractivity (Wildman–Crippen MR) is 131 cm³/mol. The molecule has 0 spiro atoms. The van der Waals surface area contributed by atoms with Gasteiger partial charge in [0.15, 0.2) is 0 Å². The molecule has 0 bridgehead atoms. The van der Waals surface area contributed by atoms with Gasteiger partial charge in [0.25, 0.3) is 0 Å². The standard InChI is InChI=1S/C25H28ClN3S/c1-3-18-16-21(27)11-12-23(18)29-14-13-28(22(4-2)25-6-5-15-30-25)17-24(29)19-7-9-20(26)10-8-19/h4-12,15-16,24H,3,13-14,17,27H2,1-2H3. The van der Waals surface area contributed by atoms with Crippen LogP contribution in [0.15, 0.2) is 66.1 Å². The number of piperazine rings is 1. The normalized spacial score (nSPS) is 17.4. The third-order valence-electron chi connectivity index (χ3n) is 5.82. The fraction of sp³-hybridized carbons (Fsp3) is 0.280. The molecular weight excluding hydrogens is 410 g/mol. The minimum absolute atomic E-state index is 0.236. The second kappa shape index (κ2) is 9.15. The summed E-state index contributed by atoms with van der Waals surface area (Å²) in [5, 5.41) is 2.92. The van der Waals surface area contributed by atoms with Gasteiger partial charge in [0.2, 0.25) is 0 Å². The highest BCUT2D eigenvalue weighted by Crippen LogP contribution is 2.37. The number of halogens is 1. The Morgan fingerprint density at radius 1 is 1.17 bits per heavy atom. The first-order valence-corrected chi connectivity index (χ1v) is 11.7. The number of thiophene rings is 1. The Morgan fingerprint density at radius 2 is 1.97 bits per heavy atom. The molecule has 1 aromatic heterocycles. The second-order valence-electron chi connectivity index (χ2n) is 7.60. The van der Waals surface area contributed by atoms with E-state index >= 15 is 0 Å². The molecule has 0 saturated carbocycles. The summed E-state index contributed by atoms with van der Waals surface area (Å²) in [5.41, 5.74) is 12.1. The highest BCUT2D eigenvalue weighted by atomic mass is 35.5. The molecule has 1 aliphatic heterocycles. The summed E-state index contributed by atoms with van der Waals surface area (Å²) in [6.07, 6.45) is 3.20. The lowest BCUT2D eigenvalue weighted by Gasteiger charge is -2.45. The molecule has 2 aromatic carbocycles. The number of nitrogens with zero attached hydrogens (tertiary/aromatic N) is 2. The molecule has 0 amide bonds. The van der Waals surface area contributed by atoms with Crippen LogP contribution in [0.25, 0.3) is 5.70 Å². The molecule has 156 valence electrons. The van der Waals surface area contributed by atoms with E-state index < -0.39 is 0 Å². The maximum atomic E-state index is 6.19. The van der Waals surface area contributed by atoms with Crippen molar-refractivity contribution in [2.45, 2.75) is 26.3 Å². The van der Waals surface area contributed by atoms with Crippen molar-refractivity contribution in [1.82, 2.24) is 4.90 Å². The predicted octanol–water partition coefficient (Wildman–Crippen LogP) is 6.47. The third kappa shape index (κ3) is 4.21. The molecule has 0 aliphatic carbocycles. The van der Waals surface area contributed by atoms with Crippen LogP contribution in [0, 0.1) is 0 Å². The van der Waals surface area contributed by atoms with Crippen molar-refractivity contribution in [3.63, 3.8) is 0 Å². The SMILES string of the molecule is CC=C(c1cccs1)N1CCN(c2ccc(N)cc2CC)C(c2ccc(Cl)cc2)C1. The van der Waals surface area contributed by atoms with Crippen molar-refractivity contribution in [3.05, 3.63) is 87.1 Å². The number of aryl methyl sites for hydroxylation is 1. The maximum Gasteiger partial charge on any atom is 0.0718 e. The topological polar surface area (TPSA) is 32.5 Å². The van der Waals surface area contributed by atoms with Gasteiger partial charge in [-0.3, -0.25) is 0 Å². The Hall–Kier alpha value is -2.43. The lowest BCUT2D eigenvalue weighted by atomic mass is 9.98. The minimum Gasteiger partial charge on any atom is -0.399 e. The van der Waals surface area contributed by atoms with E-state index in [-0.39, 0.29) is 6.04 Å². The highest BCUT2D eigenvalue weighted by molar-refractivity contribution is 7.11. The van der Waals surface area contributed by atoms with Gasteiger partial charge in [0.05, 0.1) is 10.9 Å². The first-order valence-electron chi connectivity index (χ1n) is 10.5. The largest absolute Gasteiger partial charge is 0.399 e. The summed E-state index contributed by atoms with van der Waals surface area (Å²) in [5.74, 6) is 0. The Morgan fingerprint density at radius 3 is 2.63 bits per heavy atom. The van der Waals surface area contributed by atoms with E-state index in [1.807, 2.05) is 18.2 Å². The molecule has 0 radical (unpaired) electrons. The summed E-state index contributed by atoms with van der Waals surface area (Å²) >= 11 is 7.99. The van der Waals surface area contributed by atoms with Crippen molar-refractivity contribution in [2.24, 2.45) is 0 Å². The van der Waals surface area contributed by atoms with Gasteiger partial charge in [-0.25, -0.2) is 0 Å². The summed E-state index contributed by atoms with van der Waals surface area (Å²) in [6, 6.07) is 19.2. The van der Waals surface area contributed by atoms with E-state index in [1.54, 1.807) is 11.3 Å². The summed E-state index contributed by atoms with van der Waals surface area (Å²) in [7, 11) is 0. The third-order valence-corrected chi connectivity index (χ3v) is 6.96. The van der Waals surface area contributed by atoms with E-state index in [4.69, 9.17) is 17.3 Å². The average Bonchev–Trinajstić information content (AvgIpc) is 3.29. The lowest BCUT2D eigenvalue weighted by molar-refractivity contribution is 0.315. The molecule has 30 heavy (non-hydrogen) atoms. The number of rotatable bonds is 5. The van der Waals surface area contributed by atoms with Gasteiger partial charge in [-0.15, -0.1) is 11.3 Å². The summed E-state index contributed by atoms with van der Waals surface area (Å²) in [6.45, 7) is 7.18. The summed E-state index contributed by atoms with van der Waals surface area (Å²) < 4.78 is 0. The highest BCUT2D eigenvalue weighted by Gasteiger charge is 2.31. The quantitative estimate of drug-likeness (QED) is 0.464. The van der Waals surface area contributed by atoms with Crippen molar-refractivity contribution in [3.8, 4) is 0 Å². The van der Waals surface area contributed by atoms with Crippen LogP contribution in [-0.2, 0) is 6.42 Å². The monoisotopic (exact) mass is 437 g/mol. The Bertz CT molecular complexity index is 1010. The molecule has 3 aromatic rings. The van der Waals surface area contributed by atoms with Gasteiger partial charge in [-0.05, 0) is 66.2 Å². The molecule has 2 N–H and O–H groups in total. The van der Waals surface area contributed by atoms with Crippen LogP contribution in [0.4, 0.5) is 11.4 Å². The van der Waals surface area contributed by atoms with Crippen LogP contribution >= 0.6 is 22.9 Å². The number of benzene rings is 2. The van der Waals surface area contributed by atoms with Crippen LogP contribution in [0.5, 0.6) is 0 Å². The van der Waals surface area contributed by atoms with Crippen LogP contribution in [0.1, 0.15) is 35.9 Å². The average molecular weight is 438 g/mol. The van der Waals surface area contributed by atoms with Gasteiger partial charge < -0.3 is 15.5 Å². The zero-order valence-electron chi connectivity index (χ0n) is 17.5. The fourth-order valence-corrected chi connectivity index (χ4v) is 5.29. The molecule has 5 heteroatoms. The second-order valence-corrected chi connectivity index (χ2v) is 8.98. The van der Waals surface area contributed by atoms with Crippen molar-refractivity contribution < 1.29 is 0 Å². The molecule has 1 atom stereocenters. The Kier molecular flexibility index (Phi) is 6.35. The number of allylic oxidation sites excluding steroid dienone is 1. The molecule has 1 aliphatic rings. The van der Waals surface area contributed by atoms with Gasteiger partial charge in [-0.2, -0.15) is 0 Å². The van der Waals surface area contributed by atoms with Crippen LogP contribution in [0.2, 0.25) is 5.02 Å². The smallest absolute Gasteiger partial charge is 0.0718 e. The molecule has 1 fully saturated rings. The lowest BCUT2D eigenvalue weighted by Crippen LogP contribution is -2.48. The summed E-state index contributed by atoms with van der Waals surface area (Å²) in [4.78, 5) is 6.38. The van der Waals surface area contributed by atoms with Crippen LogP contribution in [0.3, 0.4) is 0 Å². The molecule has 1 saturated heterocycles. The number of nitrogens with two attached hydrogens (primary N) is 1. The van der Waals surface area contributed by atoms with E-state index in [2.05, 4.69) is 71.5 Å². The molecular formula is C25H28ClN3S. The maximum absolute atomic E-state index is 6.19. The zero-order valence-corrected chi connectivity index (χ0v) is 19.1. The van der Waals surface area contributed by atoms with E-state index in [1.165, 1.54) is 27.4 Å². The minimum atomic E-state index is 0.236. The molecule has 2 heterocycles.